The SMILES string of the molecule is O=C(CCCCl)Nc1ncc(Br)cn1. The third kappa shape index (κ3) is 4.02. The average Bonchev–Trinajstić information content (AvgIpc) is 2.18. The molecule has 1 rings (SSSR count). The summed E-state index contributed by atoms with van der Waals surface area (Å²) in [5.74, 6) is 0.676. The molecule has 0 saturated carbocycles. The Labute approximate surface area is 95.2 Å². The van der Waals surface area contributed by atoms with Crippen LogP contribution in [0.4, 0.5) is 5.95 Å². The first kappa shape index (κ1) is 11.4. The first-order valence-corrected chi connectivity index (χ1v) is 5.38. The fraction of sp³-hybridized carbons (Fsp3) is 0.375. The highest BCUT2D eigenvalue weighted by molar-refractivity contribution is 9.10. The fourth-order valence-corrected chi connectivity index (χ4v) is 1.13. The number of nitrogens with one attached hydrogen (secondary N) is 1. The van der Waals surface area contributed by atoms with Crippen LogP contribution in [0.15, 0.2) is 16.9 Å². The van der Waals surface area contributed by atoms with Crippen LogP contribution in [-0.4, -0.2) is 21.8 Å². The van der Waals surface area contributed by atoms with Crippen LogP contribution in [0.5, 0.6) is 0 Å². The van der Waals surface area contributed by atoms with Gasteiger partial charge in [-0.2, -0.15) is 0 Å². The van der Waals surface area contributed by atoms with Crippen LogP contribution in [0.1, 0.15) is 12.8 Å². The third-order valence-electron chi connectivity index (χ3n) is 1.41. The van der Waals surface area contributed by atoms with E-state index in [0.717, 1.165) is 4.47 Å². The van der Waals surface area contributed by atoms with Gasteiger partial charge in [0.05, 0.1) is 4.47 Å². The number of alkyl halides is 1. The summed E-state index contributed by atoms with van der Waals surface area (Å²) in [4.78, 5) is 19.0. The number of carbonyl (C=O) groups is 1. The third-order valence-corrected chi connectivity index (χ3v) is 2.09. The van der Waals surface area contributed by atoms with Crippen molar-refractivity contribution < 1.29 is 4.79 Å². The zero-order chi connectivity index (χ0) is 10.4. The van der Waals surface area contributed by atoms with Gasteiger partial charge in [0, 0.05) is 24.7 Å². The minimum absolute atomic E-state index is 0.118. The standard InChI is InChI=1S/C8H9BrClN3O/c9-6-4-11-8(12-5-6)13-7(14)2-1-3-10/h4-5H,1-3H2,(H,11,12,13,14). The van der Waals surface area contributed by atoms with Crippen LogP contribution in [0.3, 0.4) is 0 Å². The molecule has 0 bridgehead atoms. The van der Waals surface area contributed by atoms with Crippen LogP contribution >= 0.6 is 27.5 Å². The molecule has 0 radical (unpaired) electrons. The summed E-state index contributed by atoms with van der Waals surface area (Å²) in [6, 6.07) is 0. The molecular formula is C8H9BrClN3O. The normalized spacial score (nSPS) is 9.86. The van der Waals surface area contributed by atoms with Crippen molar-refractivity contribution in [1.29, 1.82) is 0 Å². The van der Waals surface area contributed by atoms with Crippen LogP contribution in [0.2, 0.25) is 0 Å². The number of aromatic nitrogens is 2. The van der Waals surface area contributed by atoms with E-state index in [2.05, 4.69) is 31.2 Å². The van der Waals surface area contributed by atoms with Gasteiger partial charge in [-0.3, -0.25) is 10.1 Å². The number of amides is 1. The molecule has 1 aromatic rings. The summed E-state index contributed by atoms with van der Waals surface area (Å²) in [5.41, 5.74) is 0. The number of halogens is 2. The van der Waals surface area contributed by atoms with E-state index in [-0.39, 0.29) is 5.91 Å². The Bertz CT molecular complexity index is 304. The monoisotopic (exact) mass is 277 g/mol. The predicted molar refractivity (Wildman–Crippen MR) is 58.3 cm³/mol. The molecule has 0 aliphatic heterocycles. The summed E-state index contributed by atoms with van der Waals surface area (Å²) in [6.07, 6.45) is 4.20. The van der Waals surface area contributed by atoms with Crippen LogP contribution in [0, 0.1) is 0 Å². The Balaban J connectivity index is 2.44. The molecule has 0 saturated heterocycles. The molecule has 1 aromatic heterocycles. The average molecular weight is 279 g/mol. The number of carbonyl (C=O) groups excluding carboxylic acids is 1. The number of hydrogen-bond acceptors (Lipinski definition) is 3. The van der Waals surface area contributed by atoms with Crippen molar-refractivity contribution in [2.24, 2.45) is 0 Å². The zero-order valence-corrected chi connectivity index (χ0v) is 9.68. The lowest BCUT2D eigenvalue weighted by Gasteiger charge is -2.01. The van der Waals surface area contributed by atoms with Crippen LogP contribution < -0.4 is 5.32 Å². The maximum absolute atomic E-state index is 11.2. The molecule has 0 spiro atoms. The van der Waals surface area contributed by atoms with E-state index >= 15 is 0 Å². The van der Waals surface area contributed by atoms with Crippen molar-refractivity contribution in [3.8, 4) is 0 Å². The Morgan fingerprint density at radius 1 is 1.50 bits per heavy atom. The molecule has 1 N–H and O–H groups in total. The maximum atomic E-state index is 11.2. The van der Waals surface area contributed by atoms with E-state index in [9.17, 15) is 4.79 Å². The van der Waals surface area contributed by atoms with Crippen molar-refractivity contribution in [2.75, 3.05) is 11.2 Å². The number of anilines is 1. The Hall–Kier alpha value is -0.680. The Morgan fingerprint density at radius 3 is 2.71 bits per heavy atom. The molecule has 76 valence electrons. The largest absolute Gasteiger partial charge is 0.295 e. The molecule has 0 aliphatic rings. The lowest BCUT2D eigenvalue weighted by atomic mass is 10.3. The van der Waals surface area contributed by atoms with Gasteiger partial charge in [-0.15, -0.1) is 11.6 Å². The van der Waals surface area contributed by atoms with E-state index < -0.39 is 0 Å². The fourth-order valence-electron chi connectivity index (χ4n) is 0.791. The van der Waals surface area contributed by atoms with Gasteiger partial charge in [-0.1, -0.05) is 0 Å². The minimum Gasteiger partial charge on any atom is -0.295 e. The van der Waals surface area contributed by atoms with Gasteiger partial charge in [0.15, 0.2) is 0 Å². The van der Waals surface area contributed by atoms with Gasteiger partial charge >= 0.3 is 0 Å². The Morgan fingerprint density at radius 2 is 2.14 bits per heavy atom. The molecule has 6 heteroatoms. The van der Waals surface area contributed by atoms with Crippen molar-refractivity contribution in [3.63, 3.8) is 0 Å². The second-order valence-corrected chi connectivity index (χ2v) is 3.86. The summed E-state index contributed by atoms with van der Waals surface area (Å²) >= 11 is 8.65. The van der Waals surface area contributed by atoms with Crippen LogP contribution in [-0.2, 0) is 4.79 Å². The van der Waals surface area contributed by atoms with Crippen LogP contribution in [0.25, 0.3) is 0 Å². The van der Waals surface area contributed by atoms with Gasteiger partial charge in [0.25, 0.3) is 0 Å². The summed E-state index contributed by atoms with van der Waals surface area (Å²) in [5, 5.41) is 2.56. The van der Waals surface area contributed by atoms with E-state index in [4.69, 9.17) is 11.6 Å². The summed E-state index contributed by atoms with van der Waals surface area (Å²) < 4.78 is 0.774. The summed E-state index contributed by atoms with van der Waals surface area (Å²) in [7, 11) is 0. The molecular weight excluding hydrogens is 269 g/mol. The van der Waals surface area contributed by atoms with Gasteiger partial charge in [0.2, 0.25) is 11.9 Å². The van der Waals surface area contributed by atoms with Gasteiger partial charge in [0.1, 0.15) is 0 Å². The lowest BCUT2D eigenvalue weighted by Crippen LogP contribution is -2.13. The molecule has 1 amide bonds. The smallest absolute Gasteiger partial charge is 0.229 e. The summed E-state index contributed by atoms with van der Waals surface area (Å²) in [6.45, 7) is 0. The van der Waals surface area contributed by atoms with E-state index in [1.54, 1.807) is 12.4 Å². The van der Waals surface area contributed by atoms with Gasteiger partial charge < -0.3 is 0 Å². The van der Waals surface area contributed by atoms with E-state index in [0.29, 0.717) is 24.7 Å². The highest BCUT2D eigenvalue weighted by atomic mass is 79.9. The lowest BCUT2D eigenvalue weighted by molar-refractivity contribution is -0.116. The molecule has 1 heterocycles. The molecule has 0 aliphatic carbocycles. The Kier molecular flexibility index (Phi) is 4.82. The predicted octanol–water partition coefficient (Wildman–Crippen LogP) is 2.20. The molecule has 0 fully saturated rings. The van der Waals surface area contributed by atoms with Crippen molar-refractivity contribution >= 4 is 39.4 Å². The van der Waals surface area contributed by atoms with Crippen molar-refractivity contribution in [2.45, 2.75) is 12.8 Å². The number of rotatable bonds is 4. The minimum atomic E-state index is -0.118. The van der Waals surface area contributed by atoms with E-state index in [1.165, 1.54) is 0 Å². The van der Waals surface area contributed by atoms with Crippen molar-refractivity contribution in [1.82, 2.24) is 9.97 Å². The second kappa shape index (κ2) is 5.93. The highest BCUT2D eigenvalue weighted by Gasteiger charge is 2.03. The molecule has 0 unspecified atom stereocenters. The van der Waals surface area contributed by atoms with Gasteiger partial charge in [-0.25, -0.2) is 9.97 Å². The van der Waals surface area contributed by atoms with Gasteiger partial charge in [-0.05, 0) is 22.4 Å². The highest BCUT2D eigenvalue weighted by Crippen LogP contribution is 2.07. The molecule has 0 aromatic carbocycles. The maximum Gasteiger partial charge on any atom is 0.229 e. The molecule has 4 nitrogen and oxygen atoms in total. The molecule has 14 heavy (non-hydrogen) atoms. The number of hydrogen-bond donors (Lipinski definition) is 1. The second-order valence-electron chi connectivity index (χ2n) is 2.57. The zero-order valence-electron chi connectivity index (χ0n) is 7.33. The molecule has 0 atom stereocenters. The van der Waals surface area contributed by atoms with Crippen molar-refractivity contribution in [3.05, 3.63) is 16.9 Å². The van der Waals surface area contributed by atoms with E-state index in [1.807, 2.05) is 0 Å². The first-order chi connectivity index (χ1) is 6.72. The number of nitrogens with zero attached hydrogens (tertiary/aromatic N) is 2. The quantitative estimate of drug-likeness (QED) is 0.859. The topological polar surface area (TPSA) is 54.9 Å². The first-order valence-electron chi connectivity index (χ1n) is 4.05.